The molecule has 3 rings (SSSR count). The van der Waals surface area contributed by atoms with Crippen LogP contribution in [-0.2, 0) is 4.79 Å². The second-order valence-electron chi connectivity index (χ2n) is 3.45. The molecule has 1 amide bonds. The molecule has 2 aliphatic rings. The van der Waals surface area contributed by atoms with Crippen molar-refractivity contribution < 1.29 is 4.79 Å². The van der Waals surface area contributed by atoms with Crippen molar-refractivity contribution in [3.8, 4) is 0 Å². The van der Waals surface area contributed by atoms with Gasteiger partial charge in [0.05, 0.1) is 0 Å². The first-order chi connectivity index (χ1) is 7.74. The number of hydrogen-bond donors (Lipinski definition) is 0. The van der Waals surface area contributed by atoms with Crippen molar-refractivity contribution in [3.63, 3.8) is 0 Å². The van der Waals surface area contributed by atoms with Crippen molar-refractivity contribution in [2.24, 2.45) is 15.0 Å². The summed E-state index contributed by atoms with van der Waals surface area (Å²) in [6, 6.07) is 3.30. The first-order valence-electron chi connectivity index (χ1n) is 4.81. The lowest BCUT2D eigenvalue weighted by molar-refractivity contribution is -0.117. The van der Waals surface area contributed by atoms with Gasteiger partial charge in [-0.2, -0.15) is 4.99 Å². The predicted molar refractivity (Wildman–Crippen MR) is 64.2 cm³/mol. The molecule has 80 valence electrons. The Balaban J connectivity index is 1.98. The van der Waals surface area contributed by atoms with Gasteiger partial charge in [-0.3, -0.25) is 4.79 Å². The van der Waals surface area contributed by atoms with Crippen LogP contribution in [0.4, 0.5) is 0 Å². The van der Waals surface area contributed by atoms with Crippen molar-refractivity contribution in [1.82, 2.24) is 4.57 Å². The third-order valence-electron chi connectivity index (χ3n) is 2.27. The van der Waals surface area contributed by atoms with Crippen molar-refractivity contribution in [2.45, 2.75) is 13.0 Å². The molecule has 0 N–H and O–H groups in total. The summed E-state index contributed by atoms with van der Waals surface area (Å²) in [7, 11) is 0. The van der Waals surface area contributed by atoms with Gasteiger partial charge in [-0.05, 0) is 30.8 Å². The minimum absolute atomic E-state index is 0.225. The summed E-state index contributed by atoms with van der Waals surface area (Å²) in [6.45, 7) is 1.72. The van der Waals surface area contributed by atoms with Gasteiger partial charge >= 0.3 is 0 Å². The van der Waals surface area contributed by atoms with Crippen molar-refractivity contribution >= 4 is 33.7 Å². The number of thioether (sulfide) groups is 1. The third-order valence-corrected chi connectivity index (χ3v) is 3.30. The lowest BCUT2D eigenvalue weighted by atomic mass is 10.3. The fourth-order valence-corrected chi connectivity index (χ4v) is 2.59. The quantitative estimate of drug-likeness (QED) is 0.674. The summed E-state index contributed by atoms with van der Waals surface area (Å²) >= 11 is 1.42. The molecule has 1 aromatic rings. The second-order valence-corrected chi connectivity index (χ2v) is 4.44. The zero-order valence-corrected chi connectivity index (χ0v) is 9.31. The lowest BCUT2D eigenvalue weighted by Gasteiger charge is -2.07. The number of hydrogen-bond acceptors (Lipinski definition) is 4. The van der Waals surface area contributed by atoms with Gasteiger partial charge in [0.2, 0.25) is 0 Å². The van der Waals surface area contributed by atoms with Crippen molar-refractivity contribution in [1.29, 1.82) is 0 Å². The van der Waals surface area contributed by atoms with E-state index in [0.29, 0.717) is 5.84 Å². The van der Waals surface area contributed by atoms with Crippen LogP contribution >= 0.6 is 11.8 Å². The SMILES string of the molecule is CC1=NC(=O)C2N=C(n3cccc3)SC2=N1. The van der Waals surface area contributed by atoms with Crippen LogP contribution in [0.15, 0.2) is 39.5 Å². The van der Waals surface area contributed by atoms with Gasteiger partial charge in [-0.25, -0.2) is 9.98 Å². The number of carbonyl (C=O) groups excluding carboxylic acids is 1. The highest BCUT2D eigenvalue weighted by atomic mass is 32.2. The average molecular weight is 232 g/mol. The van der Waals surface area contributed by atoms with Crippen LogP contribution in [0.5, 0.6) is 0 Å². The molecule has 0 radical (unpaired) electrons. The molecule has 0 aliphatic carbocycles. The number of rotatable bonds is 0. The van der Waals surface area contributed by atoms with E-state index in [1.165, 1.54) is 11.8 Å². The Morgan fingerprint density at radius 1 is 1.31 bits per heavy atom. The molecule has 0 bridgehead atoms. The fourth-order valence-electron chi connectivity index (χ4n) is 1.57. The first-order valence-corrected chi connectivity index (χ1v) is 5.62. The van der Waals surface area contributed by atoms with Crippen LogP contribution in [0.1, 0.15) is 6.92 Å². The van der Waals surface area contributed by atoms with Crippen LogP contribution < -0.4 is 0 Å². The van der Waals surface area contributed by atoms with E-state index in [4.69, 9.17) is 0 Å². The number of fused-ring (bicyclic) bond motifs is 1. The van der Waals surface area contributed by atoms with Gasteiger partial charge in [0, 0.05) is 12.4 Å². The molecule has 2 aliphatic heterocycles. The number of carbonyl (C=O) groups is 1. The number of aliphatic imine (C=N–C) groups is 3. The molecule has 16 heavy (non-hydrogen) atoms. The average Bonchev–Trinajstić information content (AvgIpc) is 2.82. The maximum absolute atomic E-state index is 11.6. The number of nitrogens with zero attached hydrogens (tertiary/aromatic N) is 4. The maximum Gasteiger partial charge on any atom is 0.279 e. The fraction of sp³-hybridized carbons (Fsp3) is 0.200. The Morgan fingerprint density at radius 3 is 2.81 bits per heavy atom. The Morgan fingerprint density at radius 2 is 2.06 bits per heavy atom. The largest absolute Gasteiger partial charge is 0.303 e. The second kappa shape index (κ2) is 3.41. The van der Waals surface area contributed by atoms with E-state index in [2.05, 4.69) is 15.0 Å². The summed E-state index contributed by atoms with van der Waals surface area (Å²) < 4.78 is 1.87. The van der Waals surface area contributed by atoms with E-state index in [9.17, 15) is 4.79 Å². The molecular formula is C10H8N4OS. The first kappa shape index (κ1) is 9.53. The Labute approximate surface area is 96.0 Å². The number of amidine groups is 1. The molecule has 0 saturated heterocycles. The van der Waals surface area contributed by atoms with Crippen LogP contribution in [-0.4, -0.2) is 32.6 Å². The molecule has 0 aromatic carbocycles. The Hall–Kier alpha value is -1.69. The van der Waals surface area contributed by atoms with Crippen LogP contribution in [0.2, 0.25) is 0 Å². The van der Waals surface area contributed by atoms with Gasteiger partial charge in [0.15, 0.2) is 11.2 Å². The third kappa shape index (κ3) is 1.42. The van der Waals surface area contributed by atoms with E-state index >= 15 is 0 Å². The van der Waals surface area contributed by atoms with Crippen molar-refractivity contribution in [3.05, 3.63) is 24.5 Å². The minimum Gasteiger partial charge on any atom is -0.303 e. The molecule has 1 unspecified atom stereocenters. The van der Waals surface area contributed by atoms with Crippen LogP contribution in [0.3, 0.4) is 0 Å². The number of amides is 1. The predicted octanol–water partition coefficient (Wildman–Crippen LogP) is 1.16. The number of aromatic nitrogens is 1. The zero-order chi connectivity index (χ0) is 11.1. The molecule has 0 fully saturated rings. The van der Waals surface area contributed by atoms with Gasteiger partial charge in [0.1, 0.15) is 10.9 Å². The molecule has 0 spiro atoms. The van der Waals surface area contributed by atoms with E-state index in [-0.39, 0.29) is 5.91 Å². The van der Waals surface area contributed by atoms with Gasteiger partial charge in [-0.1, -0.05) is 0 Å². The molecule has 6 heteroatoms. The summed E-state index contributed by atoms with van der Waals surface area (Å²) in [5, 5.41) is 1.49. The standard InChI is InChI=1S/C10H8N4OS/c1-6-11-8(15)7-9(12-6)16-10(13-7)14-4-2-3-5-14/h2-5,7H,1H3. The lowest BCUT2D eigenvalue weighted by Crippen LogP contribution is -2.26. The normalized spacial score (nSPS) is 23.7. The minimum atomic E-state index is -0.522. The van der Waals surface area contributed by atoms with E-state index in [1.807, 2.05) is 29.1 Å². The van der Waals surface area contributed by atoms with Gasteiger partial charge in [-0.15, -0.1) is 0 Å². The Kier molecular flexibility index (Phi) is 2.03. The van der Waals surface area contributed by atoms with Gasteiger partial charge < -0.3 is 4.57 Å². The molecule has 5 nitrogen and oxygen atoms in total. The van der Waals surface area contributed by atoms with Crippen LogP contribution in [0.25, 0.3) is 0 Å². The highest BCUT2D eigenvalue weighted by molar-refractivity contribution is 8.27. The van der Waals surface area contributed by atoms with E-state index in [1.54, 1.807) is 6.92 Å². The topological polar surface area (TPSA) is 59.1 Å². The summed E-state index contributed by atoms with van der Waals surface area (Å²) in [4.78, 5) is 24.0. The van der Waals surface area contributed by atoms with E-state index < -0.39 is 6.04 Å². The molecule has 0 saturated carbocycles. The molecule has 1 aromatic heterocycles. The van der Waals surface area contributed by atoms with Crippen LogP contribution in [0, 0.1) is 0 Å². The van der Waals surface area contributed by atoms with Crippen molar-refractivity contribution in [2.75, 3.05) is 0 Å². The molecular weight excluding hydrogens is 224 g/mol. The highest BCUT2D eigenvalue weighted by Gasteiger charge is 2.34. The highest BCUT2D eigenvalue weighted by Crippen LogP contribution is 2.26. The summed E-state index contributed by atoms with van der Waals surface area (Å²) in [5.41, 5.74) is 0. The zero-order valence-electron chi connectivity index (χ0n) is 8.49. The summed E-state index contributed by atoms with van der Waals surface area (Å²) in [5.74, 6) is 0.282. The smallest absolute Gasteiger partial charge is 0.279 e. The maximum atomic E-state index is 11.6. The van der Waals surface area contributed by atoms with Gasteiger partial charge in [0.25, 0.3) is 5.91 Å². The monoisotopic (exact) mass is 232 g/mol. The molecule has 3 heterocycles. The Bertz CT molecular complexity index is 541. The van der Waals surface area contributed by atoms with E-state index in [0.717, 1.165) is 10.2 Å². The molecule has 1 atom stereocenters. The summed E-state index contributed by atoms with van der Waals surface area (Å²) in [6.07, 6.45) is 3.78.